The fourth-order valence-corrected chi connectivity index (χ4v) is 11.8. The fraction of sp³-hybridized carbons (Fsp3) is 0.409. The molecule has 0 spiro atoms. The number of ether oxygens (including phenoxy) is 1. The average Bonchev–Trinajstić information content (AvgIpc) is 3.48. The van der Waals surface area contributed by atoms with Crippen molar-refractivity contribution >= 4 is 41.4 Å². The molecule has 0 radical (unpaired) electrons. The standard InChI is InChI=1S/C44H55IN2O8SSi/c1-43(2,3)55-41(48)33-47-40(30-39(42(47)49)46(31-35-18-10-6-11-19-35)32-36-20-12-7-13-21-36)45-52-28-29-56(50,51)53-34-44(4,5)26-27-54-57(37-22-14-8-15-23-37)38-24-16-9-17-25-38/h6-25,39-40H,26-34H2,1-5H3/t39-,40-/m0/s1. The first-order chi connectivity index (χ1) is 27.2. The third-order valence-corrected chi connectivity index (χ3v) is 15.2. The number of alkyl halides is 1. The van der Waals surface area contributed by atoms with Crippen molar-refractivity contribution in [3.8, 4) is 0 Å². The van der Waals surface area contributed by atoms with E-state index in [2.05, 4.69) is 29.2 Å². The second-order valence-electron chi connectivity index (χ2n) is 15.9. The quantitative estimate of drug-likeness (QED) is 0.0237. The number of carbonyl (C=O) groups excluding carboxylic acids is 2. The topological polar surface area (TPSA) is 112 Å². The number of carbonyl (C=O) groups is 2. The number of esters is 1. The molecule has 1 amide bonds. The molecule has 10 nitrogen and oxygen atoms in total. The molecule has 1 saturated heterocycles. The third-order valence-electron chi connectivity index (χ3n) is 9.24. The number of rotatable bonds is 21. The molecule has 306 valence electrons. The zero-order valence-electron chi connectivity index (χ0n) is 33.5. The SMILES string of the molecule is CC(C)(CCO[Si+](c1ccccc1)c1ccccc1)COS(=O)(=O)CCO[I-][C@@H]1C[C@H](N(Cc2ccccc2)Cc2ccccc2)C(=O)N1CC(=O)OC(C)(C)C. The van der Waals surface area contributed by atoms with Gasteiger partial charge < -0.3 is 0 Å². The van der Waals surface area contributed by atoms with Gasteiger partial charge >= 0.3 is 293 Å². The van der Waals surface area contributed by atoms with E-state index in [1.165, 1.54) is 0 Å². The molecule has 4 aromatic carbocycles. The second-order valence-corrected chi connectivity index (χ2v) is 22.3. The van der Waals surface area contributed by atoms with E-state index in [0.29, 0.717) is 32.5 Å². The van der Waals surface area contributed by atoms with Gasteiger partial charge in [-0.05, 0) is 24.3 Å². The van der Waals surface area contributed by atoms with Gasteiger partial charge in [-0.25, -0.2) is 0 Å². The van der Waals surface area contributed by atoms with Gasteiger partial charge in [0.05, 0.1) is 0 Å². The first-order valence-electron chi connectivity index (χ1n) is 19.3. The van der Waals surface area contributed by atoms with E-state index >= 15 is 0 Å². The molecule has 1 heterocycles. The van der Waals surface area contributed by atoms with E-state index in [1.54, 1.807) is 25.7 Å². The molecular formula is C44H55IN2O8SSi. The Morgan fingerprint density at radius 2 is 1.30 bits per heavy atom. The summed E-state index contributed by atoms with van der Waals surface area (Å²) in [6.45, 7) is 10.6. The first-order valence-corrected chi connectivity index (χ1v) is 24.4. The van der Waals surface area contributed by atoms with Crippen molar-refractivity contribution in [2.75, 3.05) is 32.1 Å². The Balaban J connectivity index is 1.16. The van der Waals surface area contributed by atoms with Crippen molar-refractivity contribution in [1.29, 1.82) is 0 Å². The third kappa shape index (κ3) is 14.7. The van der Waals surface area contributed by atoms with E-state index in [-0.39, 0.29) is 35.5 Å². The Morgan fingerprint density at radius 1 is 0.789 bits per heavy atom. The van der Waals surface area contributed by atoms with Crippen LogP contribution in [0.15, 0.2) is 121 Å². The summed E-state index contributed by atoms with van der Waals surface area (Å²) in [5, 5.41) is 2.30. The number of likely N-dealkylation sites (tertiary alicyclic amines) is 1. The van der Waals surface area contributed by atoms with Crippen LogP contribution < -0.4 is 32.0 Å². The molecule has 4 aromatic rings. The van der Waals surface area contributed by atoms with Crippen molar-refractivity contribution in [2.45, 2.75) is 76.2 Å². The number of hydrogen-bond acceptors (Lipinski definition) is 9. The molecule has 0 N–H and O–H groups in total. The van der Waals surface area contributed by atoms with E-state index < -0.39 is 63.8 Å². The van der Waals surface area contributed by atoms with Crippen molar-refractivity contribution in [3.63, 3.8) is 0 Å². The number of amides is 1. The molecule has 57 heavy (non-hydrogen) atoms. The Kier molecular flexibility index (Phi) is 16.5. The van der Waals surface area contributed by atoms with E-state index in [1.807, 2.05) is 111 Å². The van der Waals surface area contributed by atoms with Gasteiger partial charge in [0, 0.05) is 0 Å². The Hall–Kier alpha value is -3.44. The molecule has 0 aromatic heterocycles. The van der Waals surface area contributed by atoms with E-state index in [4.69, 9.17) is 16.4 Å². The summed E-state index contributed by atoms with van der Waals surface area (Å²) in [5.41, 5.74) is 0.963. The van der Waals surface area contributed by atoms with Crippen LogP contribution in [-0.4, -0.2) is 86.9 Å². The summed E-state index contributed by atoms with van der Waals surface area (Å²) >= 11 is -1.19. The predicted molar refractivity (Wildman–Crippen MR) is 220 cm³/mol. The maximum atomic E-state index is 14.2. The summed E-state index contributed by atoms with van der Waals surface area (Å²) in [6, 6.07) is 39.8. The maximum absolute atomic E-state index is 14.2. The average molecular weight is 927 g/mol. The zero-order valence-corrected chi connectivity index (χ0v) is 37.5. The minimum absolute atomic E-state index is 0.00757. The molecule has 0 bridgehead atoms. The molecule has 2 atom stereocenters. The normalized spacial score (nSPS) is 16.3. The van der Waals surface area contributed by atoms with Crippen LogP contribution >= 0.6 is 0 Å². The molecule has 1 aliphatic rings. The van der Waals surface area contributed by atoms with Gasteiger partial charge in [-0.15, -0.1) is 0 Å². The summed E-state index contributed by atoms with van der Waals surface area (Å²) in [7, 11) is -5.37. The van der Waals surface area contributed by atoms with Gasteiger partial charge in [-0.1, -0.05) is 36.4 Å². The molecule has 1 aliphatic heterocycles. The molecule has 0 unspecified atom stereocenters. The van der Waals surface area contributed by atoms with Crippen LogP contribution in [0.4, 0.5) is 0 Å². The summed E-state index contributed by atoms with van der Waals surface area (Å²) < 4.78 is 49.4. The second kappa shape index (κ2) is 21.0. The van der Waals surface area contributed by atoms with Crippen LogP contribution in [0.5, 0.6) is 0 Å². The Morgan fingerprint density at radius 3 is 1.81 bits per heavy atom. The van der Waals surface area contributed by atoms with Gasteiger partial charge in [-0.2, -0.15) is 0 Å². The zero-order chi connectivity index (χ0) is 40.9. The molecule has 5 rings (SSSR count). The van der Waals surface area contributed by atoms with Gasteiger partial charge in [-0.3, -0.25) is 0 Å². The summed E-state index contributed by atoms with van der Waals surface area (Å²) in [6.07, 6.45) is 1.06. The van der Waals surface area contributed by atoms with E-state index in [0.717, 1.165) is 21.5 Å². The van der Waals surface area contributed by atoms with Crippen LogP contribution in [0.1, 0.15) is 58.6 Å². The van der Waals surface area contributed by atoms with Gasteiger partial charge in [0.15, 0.2) is 0 Å². The minimum atomic E-state index is -3.90. The number of hydrogen-bond donors (Lipinski definition) is 0. The van der Waals surface area contributed by atoms with Gasteiger partial charge in [0.2, 0.25) is 0 Å². The molecular weight excluding hydrogens is 872 g/mol. The predicted octanol–water partition coefficient (Wildman–Crippen LogP) is 2.56. The monoisotopic (exact) mass is 926 g/mol. The van der Waals surface area contributed by atoms with Crippen molar-refractivity contribution in [3.05, 3.63) is 132 Å². The molecule has 1 fully saturated rings. The summed E-state index contributed by atoms with van der Waals surface area (Å²) in [5.74, 6) is -0.979. The Bertz CT molecular complexity index is 1870. The van der Waals surface area contributed by atoms with Gasteiger partial charge in [0.25, 0.3) is 0 Å². The van der Waals surface area contributed by atoms with Crippen LogP contribution in [0.25, 0.3) is 0 Å². The van der Waals surface area contributed by atoms with Gasteiger partial charge in [0.1, 0.15) is 0 Å². The van der Waals surface area contributed by atoms with Crippen LogP contribution in [-0.2, 0) is 49.2 Å². The fourth-order valence-electron chi connectivity index (χ4n) is 6.31. The number of benzene rings is 4. The molecule has 0 aliphatic carbocycles. The van der Waals surface area contributed by atoms with Crippen molar-refractivity contribution in [1.82, 2.24) is 9.80 Å². The van der Waals surface area contributed by atoms with Crippen molar-refractivity contribution in [2.24, 2.45) is 5.41 Å². The number of nitrogens with zero attached hydrogens (tertiary/aromatic N) is 2. The van der Waals surface area contributed by atoms with Crippen LogP contribution in [0.3, 0.4) is 0 Å². The summed E-state index contributed by atoms with van der Waals surface area (Å²) in [4.78, 5) is 31.0. The van der Waals surface area contributed by atoms with Crippen LogP contribution in [0.2, 0.25) is 0 Å². The number of halogens is 1. The molecule has 13 heteroatoms. The van der Waals surface area contributed by atoms with Crippen LogP contribution in [0, 0.1) is 5.41 Å². The Labute approximate surface area is 351 Å². The van der Waals surface area contributed by atoms with E-state index in [9.17, 15) is 18.0 Å². The molecule has 0 saturated carbocycles. The first kappa shape index (κ1) is 44.7. The van der Waals surface area contributed by atoms with Crippen molar-refractivity contribution < 1.29 is 56.0 Å².